The lowest BCUT2D eigenvalue weighted by atomic mass is 10.1. The minimum Gasteiger partial charge on any atom is -0.343 e. The average Bonchev–Trinajstić information content (AvgIpc) is 3.01. The van der Waals surface area contributed by atoms with Crippen LogP contribution in [0.25, 0.3) is 10.9 Å². The number of nitrogens with zero attached hydrogens (tertiary/aromatic N) is 1. The highest BCUT2D eigenvalue weighted by molar-refractivity contribution is 9.10. The lowest BCUT2D eigenvalue weighted by Gasteiger charge is -2.05. The monoisotopic (exact) mass is 438 g/mol. The molecule has 0 unspecified atom stereocenters. The summed E-state index contributed by atoms with van der Waals surface area (Å²) in [7, 11) is 0. The van der Waals surface area contributed by atoms with Gasteiger partial charge < -0.3 is 9.88 Å². The third-order valence-corrected chi connectivity index (χ3v) is 5.42. The van der Waals surface area contributed by atoms with Gasteiger partial charge in [-0.05, 0) is 47.0 Å². The molecule has 0 saturated heterocycles. The summed E-state index contributed by atoms with van der Waals surface area (Å²) >= 11 is 9.58. The molecule has 1 aromatic heterocycles. The molecule has 1 N–H and O–H groups in total. The molecule has 136 valence electrons. The third kappa shape index (κ3) is 4.44. The first-order valence-electron chi connectivity index (χ1n) is 8.95. The maximum absolute atomic E-state index is 5.96. The fourth-order valence-electron chi connectivity index (χ4n) is 3.34. The van der Waals surface area contributed by atoms with E-state index in [2.05, 4.69) is 92.7 Å². The maximum Gasteiger partial charge on any atom is 0.0487 e. The fraction of sp³-hybridized carbons (Fsp3) is 0.130. The summed E-state index contributed by atoms with van der Waals surface area (Å²) in [6.07, 6.45) is 2.26. The Morgan fingerprint density at radius 3 is 2.41 bits per heavy atom. The largest absolute Gasteiger partial charge is 0.343 e. The minimum atomic E-state index is 0.771. The van der Waals surface area contributed by atoms with Crippen LogP contribution in [-0.4, -0.2) is 4.57 Å². The first kappa shape index (κ1) is 18.3. The molecule has 0 amide bonds. The smallest absolute Gasteiger partial charge is 0.0487 e. The van der Waals surface area contributed by atoms with Crippen molar-refractivity contribution in [3.8, 4) is 0 Å². The quantitative estimate of drug-likeness (QED) is 0.368. The second kappa shape index (κ2) is 8.30. The number of rotatable bonds is 6. The highest BCUT2D eigenvalue weighted by Gasteiger charge is 2.09. The van der Waals surface area contributed by atoms with Crippen molar-refractivity contribution in [3.63, 3.8) is 0 Å². The van der Waals surface area contributed by atoms with E-state index in [4.69, 9.17) is 11.6 Å². The summed E-state index contributed by atoms with van der Waals surface area (Å²) in [5.74, 6) is 0. The van der Waals surface area contributed by atoms with E-state index in [1.807, 2.05) is 12.1 Å². The predicted molar refractivity (Wildman–Crippen MR) is 117 cm³/mol. The number of halogens is 2. The Morgan fingerprint density at radius 2 is 1.63 bits per heavy atom. The Balaban J connectivity index is 1.56. The standard InChI is InChI=1S/C23H20BrClN2/c24-20-8-11-23-22(12-20)19(14-26-13-17-6-9-21(25)10-7-17)16-27(23)15-18-4-2-1-3-5-18/h1-12,16,26H,13-15H2. The van der Waals surface area contributed by atoms with Gasteiger partial charge in [-0.15, -0.1) is 0 Å². The molecule has 3 aromatic carbocycles. The average molecular weight is 440 g/mol. The van der Waals surface area contributed by atoms with Crippen molar-refractivity contribution < 1.29 is 0 Å². The van der Waals surface area contributed by atoms with Crippen molar-refractivity contribution in [2.45, 2.75) is 19.6 Å². The minimum absolute atomic E-state index is 0.771. The van der Waals surface area contributed by atoms with E-state index in [0.29, 0.717) is 0 Å². The Hall–Kier alpha value is -2.07. The molecule has 2 nitrogen and oxygen atoms in total. The molecular weight excluding hydrogens is 420 g/mol. The van der Waals surface area contributed by atoms with Gasteiger partial charge in [0, 0.05) is 46.2 Å². The molecule has 4 rings (SSSR count). The number of benzene rings is 3. The Kier molecular flexibility index (Phi) is 5.63. The van der Waals surface area contributed by atoms with Gasteiger partial charge in [-0.25, -0.2) is 0 Å². The number of hydrogen-bond donors (Lipinski definition) is 1. The van der Waals surface area contributed by atoms with Crippen LogP contribution in [0.3, 0.4) is 0 Å². The van der Waals surface area contributed by atoms with Crippen LogP contribution in [0.15, 0.2) is 83.5 Å². The second-order valence-corrected chi connectivity index (χ2v) is 8.01. The van der Waals surface area contributed by atoms with E-state index in [9.17, 15) is 0 Å². The summed E-state index contributed by atoms with van der Waals surface area (Å²) < 4.78 is 3.43. The van der Waals surface area contributed by atoms with E-state index >= 15 is 0 Å². The van der Waals surface area contributed by atoms with Crippen molar-refractivity contribution in [1.82, 2.24) is 9.88 Å². The number of hydrogen-bond acceptors (Lipinski definition) is 1. The van der Waals surface area contributed by atoms with Gasteiger partial charge in [-0.2, -0.15) is 0 Å². The lowest BCUT2D eigenvalue weighted by molar-refractivity contribution is 0.692. The maximum atomic E-state index is 5.96. The van der Waals surface area contributed by atoms with E-state index in [0.717, 1.165) is 29.1 Å². The lowest BCUT2D eigenvalue weighted by Crippen LogP contribution is -2.12. The van der Waals surface area contributed by atoms with Crippen LogP contribution in [0.1, 0.15) is 16.7 Å². The van der Waals surface area contributed by atoms with Crippen LogP contribution in [-0.2, 0) is 19.6 Å². The van der Waals surface area contributed by atoms with Crippen molar-refractivity contribution in [2.75, 3.05) is 0 Å². The van der Waals surface area contributed by atoms with Gasteiger partial charge in [0.15, 0.2) is 0 Å². The summed E-state index contributed by atoms with van der Waals surface area (Å²) in [5, 5.41) is 5.61. The van der Waals surface area contributed by atoms with Crippen LogP contribution in [0, 0.1) is 0 Å². The topological polar surface area (TPSA) is 17.0 Å². The molecule has 4 heteroatoms. The molecule has 0 aliphatic carbocycles. The first-order valence-corrected chi connectivity index (χ1v) is 10.1. The van der Waals surface area contributed by atoms with Crippen LogP contribution in [0.5, 0.6) is 0 Å². The molecule has 27 heavy (non-hydrogen) atoms. The molecule has 0 saturated carbocycles. The normalized spacial score (nSPS) is 11.2. The van der Waals surface area contributed by atoms with E-state index in [1.165, 1.54) is 27.6 Å². The van der Waals surface area contributed by atoms with Gasteiger partial charge in [0.25, 0.3) is 0 Å². The number of aromatic nitrogens is 1. The van der Waals surface area contributed by atoms with Gasteiger partial charge in [0.2, 0.25) is 0 Å². The summed E-state index contributed by atoms with van der Waals surface area (Å²) in [6, 6.07) is 25.1. The van der Waals surface area contributed by atoms with Gasteiger partial charge in [0.05, 0.1) is 0 Å². The SMILES string of the molecule is Clc1ccc(CNCc2cn(Cc3ccccc3)c3ccc(Br)cc23)cc1. The highest BCUT2D eigenvalue weighted by Crippen LogP contribution is 2.26. The van der Waals surface area contributed by atoms with Gasteiger partial charge in [-0.1, -0.05) is 70.0 Å². The first-order chi connectivity index (χ1) is 13.2. The van der Waals surface area contributed by atoms with Crippen LogP contribution < -0.4 is 5.32 Å². The van der Waals surface area contributed by atoms with Crippen molar-refractivity contribution in [1.29, 1.82) is 0 Å². The fourth-order valence-corrected chi connectivity index (χ4v) is 3.83. The highest BCUT2D eigenvalue weighted by atomic mass is 79.9. The second-order valence-electron chi connectivity index (χ2n) is 6.66. The van der Waals surface area contributed by atoms with Crippen molar-refractivity contribution in [2.24, 2.45) is 0 Å². The summed E-state index contributed by atoms with van der Waals surface area (Å²) in [4.78, 5) is 0. The number of fused-ring (bicyclic) bond motifs is 1. The Morgan fingerprint density at radius 1 is 0.852 bits per heavy atom. The molecule has 0 atom stereocenters. The van der Waals surface area contributed by atoms with E-state index in [1.54, 1.807) is 0 Å². The van der Waals surface area contributed by atoms with Crippen LogP contribution in [0.4, 0.5) is 0 Å². The molecule has 0 aliphatic heterocycles. The molecule has 4 aromatic rings. The molecule has 0 fully saturated rings. The van der Waals surface area contributed by atoms with E-state index in [-0.39, 0.29) is 0 Å². The van der Waals surface area contributed by atoms with Gasteiger partial charge >= 0.3 is 0 Å². The zero-order valence-electron chi connectivity index (χ0n) is 14.8. The van der Waals surface area contributed by atoms with Gasteiger partial charge in [-0.3, -0.25) is 0 Å². The Labute approximate surface area is 172 Å². The molecule has 0 spiro atoms. The molecule has 0 aliphatic rings. The molecule has 1 heterocycles. The third-order valence-electron chi connectivity index (χ3n) is 4.68. The van der Waals surface area contributed by atoms with Crippen LogP contribution >= 0.6 is 27.5 Å². The zero-order chi connectivity index (χ0) is 18.6. The number of nitrogens with one attached hydrogen (secondary N) is 1. The van der Waals surface area contributed by atoms with Crippen molar-refractivity contribution in [3.05, 3.63) is 105 Å². The zero-order valence-corrected chi connectivity index (χ0v) is 17.2. The van der Waals surface area contributed by atoms with Crippen LogP contribution in [0.2, 0.25) is 5.02 Å². The van der Waals surface area contributed by atoms with Crippen molar-refractivity contribution >= 4 is 38.4 Å². The predicted octanol–water partition coefficient (Wildman–Crippen LogP) is 6.40. The summed E-state index contributed by atoms with van der Waals surface area (Å²) in [6.45, 7) is 2.50. The van der Waals surface area contributed by atoms with E-state index < -0.39 is 0 Å². The Bertz CT molecular complexity index is 1040. The molecule has 0 radical (unpaired) electrons. The molecular formula is C23H20BrClN2. The molecule has 0 bridgehead atoms. The van der Waals surface area contributed by atoms with Gasteiger partial charge in [0.1, 0.15) is 0 Å². The summed E-state index contributed by atoms with van der Waals surface area (Å²) in [5.41, 5.74) is 5.09.